The summed E-state index contributed by atoms with van der Waals surface area (Å²) >= 11 is 0. The Morgan fingerprint density at radius 1 is 1.24 bits per heavy atom. The maximum Gasteiger partial charge on any atom is 0.168 e. The molecule has 2 rings (SSSR count). The Labute approximate surface area is 98.3 Å². The van der Waals surface area contributed by atoms with Crippen molar-refractivity contribution in [2.45, 2.75) is 6.92 Å². The van der Waals surface area contributed by atoms with E-state index >= 15 is 0 Å². The summed E-state index contributed by atoms with van der Waals surface area (Å²) < 4.78 is 26.7. The number of hydrogen-bond donors (Lipinski definition) is 1. The van der Waals surface area contributed by atoms with Gasteiger partial charge < -0.3 is 5.32 Å². The second-order valence-corrected chi connectivity index (χ2v) is 3.56. The molecule has 0 amide bonds. The first-order valence-electron chi connectivity index (χ1n) is 5.36. The summed E-state index contributed by atoms with van der Waals surface area (Å²) in [7, 11) is 0. The van der Waals surface area contributed by atoms with Crippen molar-refractivity contribution in [1.29, 1.82) is 0 Å². The molecule has 1 heterocycles. The van der Waals surface area contributed by atoms with Gasteiger partial charge in [0.1, 0.15) is 0 Å². The third-order valence-electron chi connectivity index (χ3n) is 2.37. The molecule has 2 nitrogen and oxygen atoms in total. The normalized spacial score (nSPS) is 10.3. The molecule has 17 heavy (non-hydrogen) atoms. The zero-order valence-corrected chi connectivity index (χ0v) is 9.37. The van der Waals surface area contributed by atoms with Gasteiger partial charge in [0.15, 0.2) is 11.6 Å². The van der Waals surface area contributed by atoms with Gasteiger partial charge in [0, 0.05) is 24.0 Å². The molecule has 1 aromatic heterocycles. The van der Waals surface area contributed by atoms with Gasteiger partial charge in [-0.3, -0.25) is 4.98 Å². The van der Waals surface area contributed by atoms with Gasteiger partial charge in [0.05, 0.1) is 5.69 Å². The van der Waals surface area contributed by atoms with Crippen LogP contribution in [0.15, 0.2) is 36.5 Å². The van der Waals surface area contributed by atoms with E-state index in [1.807, 2.05) is 6.92 Å². The predicted octanol–water partition coefficient (Wildman–Crippen LogP) is 3.46. The Kier molecular flexibility index (Phi) is 3.32. The molecule has 0 aliphatic rings. The minimum absolute atomic E-state index is 0.171. The van der Waals surface area contributed by atoms with E-state index in [1.54, 1.807) is 18.3 Å². The van der Waals surface area contributed by atoms with Gasteiger partial charge >= 0.3 is 0 Å². The molecule has 2 aromatic rings. The minimum Gasteiger partial charge on any atom is -0.385 e. The lowest BCUT2D eigenvalue weighted by atomic mass is 10.1. The van der Waals surface area contributed by atoms with Gasteiger partial charge in [-0.25, -0.2) is 8.78 Å². The molecular weight excluding hydrogens is 222 g/mol. The quantitative estimate of drug-likeness (QED) is 0.879. The highest BCUT2D eigenvalue weighted by Crippen LogP contribution is 2.24. The van der Waals surface area contributed by atoms with Crippen LogP contribution in [-0.2, 0) is 0 Å². The molecule has 0 saturated heterocycles. The van der Waals surface area contributed by atoms with Gasteiger partial charge in [0.2, 0.25) is 0 Å². The van der Waals surface area contributed by atoms with Crippen molar-refractivity contribution in [3.05, 3.63) is 48.2 Å². The zero-order chi connectivity index (χ0) is 12.3. The molecule has 88 valence electrons. The van der Waals surface area contributed by atoms with E-state index in [0.717, 1.165) is 18.3 Å². The van der Waals surface area contributed by atoms with Crippen molar-refractivity contribution < 1.29 is 8.78 Å². The Morgan fingerprint density at radius 3 is 2.82 bits per heavy atom. The molecule has 0 fully saturated rings. The summed E-state index contributed by atoms with van der Waals surface area (Å²) in [4.78, 5) is 4.05. The fourth-order valence-electron chi connectivity index (χ4n) is 1.59. The van der Waals surface area contributed by atoms with E-state index in [4.69, 9.17) is 0 Å². The maximum absolute atomic E-state index is 13.6. The number of rotatable bonds is 3. The summed E-state index contributed by atoms with van der Waals surface area (Å²) in [6.45, 7) is 2.72. The first-order valence-corrected chi connectivity index (χ1v) is 5.36. The lowest BCUT2D eigenvalue weighted by molar-refractivity contribution is 0.511. The minimum atomic E-state index is -0.867. The van der Waals surface area contributed by atoms with Gasteiger partial charge in [-0.05, 0) is 31.2 Å². The fraction of sp³-hybridized carbons (Fsp3) is 0.154. The maximum atomic E-state index is 13.6. The number of pyridine rings is 1. The van der Waals surface area contributed by atoms with Crippen LogP contribution >= 0.6 is 0 Å². The monoisotopic (exact) mass is 234 g/mol. The Morgan fingerprint density at radius 2 is 2.06 bits per heavy atom. The van der Waals surface area contributed by atoms with Crippen LogP contribution in [0.25, 0.3) is 11.3 Å². The van der Waals surface area contributed by atoms with E-state index in [1.165, 1.54) is 12.1 Å². The first kappa shape index (κ1) is 11.5. The van der Waals surface area contributed by atoms with Gasteiger partial charge in [-0.1, -0.05) is 6.07 Å². The van der Waals surface area contributed by atoms with E-state index in [0.29, 0.717) is 5.69 Å². The van der Waals surface area contributed by atoms with Crippen LogP contribution in [0.5, 0.6) is 0 Å². The largest absolute Gasteiger partial charge is 0.385 e. The predicted molar refractivity (Wildman–Crippen MR) is 63.8 cm³/mol. The molecule has 0 aliphatic heterocycles. The highest BCUT2D eigenvalue weighted by Gasteiger charge is 2.10. The van der Waals surface area contributed by atoms with Gasteiger partial charge in [-0.2, -0.15) is 0 Å². The number of halogens is 2. The van der Waals surface area contributed by atoms with Crippen molar-refractivity contribution in [2.75, 3.05) is 11.9 Å². The smallest absolute Gasteiger partial charge is 0.168 e. The number of aromatic nitrogens is 1. The molecule has 0 atom stereocenters. The highest BCUT2D eigenvalue weighted by molar-refractivity contribution is 5.64. The van der Waals surface area contributed by atoms with Crippen molar-refractivity contribution in [3.8, 4) is 11.3 Å². The van der Waals surface area contributed by atoms with Crippen LogP contribution in [0.3, 0.4) is 0 Å². The molecule has 0 unspecified atom stereocenters. The summed E-state index contributed by atoms with van der Waals surface area (Å²) in [5.74, 6) is -1.73. The molecular formula is C13H12F2N2. The summed E-state index contributed by atoms with van der Waals surface area (Å²) in [5, 5.41) is 3.10. The lowest BCUT2D eigenvalue weighted by Gasteiger charge is -2.06. The van der Waals surface area contributed by atoms with Gasteiger partial charge in [0.25, 0.3) is 0 Å². The summed E-state index contributed by atoms with van der Waals surface area (Å²) in [6, 6.07) is 7.55. The van der Waals surface area contributed by atoms with E-state index in [-0.39, 0.29) is 5.56 Å². The third kappa shape index (κ3) is 2.41. The van der Waals surface area contributed by atoms with Crippen LogP contribution in [0.2, 0.25) is 0 Å². The Bertz CT molecular complexity index is 527. The van der Waals surface area contributed by atoms with Crippen molar-refractivity contribution >= 4 is 5.69 Å². The van der Waals surface area contributed by atoms with E-state index in [9.17, 15) is 8.78 Å². The third-order valence-corrected chi connectivity index (χ3v) is 2.37. The van der Waals surface area contributed by atoms with Crippen molar-refractivity contribution in [2.24, 2.45) is 0 Å². The average Bonchev–Trinajstić information content (AvgIpc) is 2.33. The Balaban J connectivity index is 2.45. The van der Waals surface area contributed by atoms with Crippen LogP contribution in [0.1, 0.15) is 6.92 Å². The number of nitrogens with one attached hydrogen (secondary N) is 1. The summed E-state index contributed by atoms with van der Waals surface area (Å²) in [5.41, 5.74) is 1.42. The molecule has 1 aromatic carbocycles. The number of benzene rings is 1. The van der Waals surface area contributed by atoms with Crippen molar-refractivity contribution in [3.63, 3.8) is 0 Å². The SMILES string of the molecule is CCNc1ccnc(-c2cccc(F)c2F)c1. The van der Waals surface area contributed by atoms with Crippen LogP contribution < -0.4 is 5.32 Å². The molecule has 0 radical (unpaired) electrons. The van der Waals surface area contributed by atoms with E-state index in [2.05, 4.69) is 10.3 Å². The molecule has 1 N–H and O–H groups in total. The molecule has 0 bridgehead atoms. The average molecular weight is 234 g/mol. The van der Waals surface area contributed by atoms with Gasteiger partial charge in [-0.15, -0.1) is 0 Å². The topological polar surface area (TPSA) is 24.9 Å². The molecule has 4 heteroatoms. The highest BCUT2D eigenvalue weighted by atomic mass is 19.2. The van der Waals surface area contributed by atoms with E-state index < -0.39 is 11.6 Å². The number of anilines is 1. The lowest BCUT2D eigenvalue weighted by Crippen LogP contribution is -1.98. The molecule has 0 saturated carbocycles. The van der Waals surface area contributed by atoms with Crippen molar-refractivity contribution in [1.82, 2.24) is 4.98 Å². The standard InChI is InChI=1S/C13H12F2N2/c1-2-16-9-6-7-17-12(8-9)10-4-3-5-11(14)13(10)15/h3-8H,2H2,1H3,(H,16,17). The number of hydrogen-bond acceptors (Lipinski definition) is 2. The Hall–Kier alpha value is -1.97. The zero-order valence-electron chi connectivity index (χ0n) is 9.37. The summed E-state index contributed by atoms with van der Waals surface area (Å²) in [6.07, 6.45) is 1.57. The molecule has 0 spiro atoms. The fourth-order valence-corrected chi connectivity index (χ4v) is 1.59. The van der Waals surface area contributed by atoms with Crippen LogP contribution in [0, 0.1) is 11.6 Å². The first-order chi connectivity index (χ1) is 8.22. The van der Waals surface area contributed by atoms with Crippen LogP contribution in [0.4, 0.5) is 14.5 Å². The number of nitrogens with zero attached hydrogens (tertiary/aromatic N) is 1. The molecule has 0 aliphatic carbocycles. The van der Waals surface area contributed by atoms with Crippen LogP contribution in [-0.4, -0.2) is 11.5 Å². The second kappa shape index (κ2) is 4.91. The second-order valence-electron chi connectivity index (χ2n) is 3.56.